The van der Waals surface area contributed by atoms with Gasteiger partial charge in [0, 0.05) is 29.1 Å². The van der Waals surface area contributed by atoms with Gasteiger partial charge in [-0.3, -0.25) is 9.59 Å². The molecule has 24 heavy (non-hydrogen) atoms. The first kappa shape index (κ1) is 18.5. The standard InChI is InChI=1S/C19H28N2O3/c1-4-19(5-2,12-22)11-20-17(23)14-7-6-8-15(10-14)21-18(24)16-9-13(16)3/h6-8,10,13,16,22H,4-5,9,11-12H2,1-3H3,(H,20,23)(H,21,24). The number of anilines is 1. The van der Waals surface area contributed by atoms with Crippen molar-refractivity contribution < 1.29 is 14.7 Å². The van der Waals surface area contributed by atoms with E-state index in [0.29, 0.717) is 23.7 Å². The van der Waals surface area contributed by atoms with Crippen molar-refractivity contribution in [1.29, 1.82) is 0 Å². The van der Waals surface area contributed by atoms with Crippen molar-refractivity contribution >= 4 is 17.5 Å². The summed E-state index contributed by atoms with van der Waals surface area (Å²) in [5.41, 5.74) is 0.880. The van der Waals surface area contributed by atoms with Gasteiger partial charge in [0.05, 0.1) is 6.61 Å². The van der Waals surface area contributed by atoms with E-state index >= 15 is 0 Å². The molecule has 0 spiro atoms. The van der Waals surface area contributed by atoms with Crippen LogP contribution in [0.1, 0.15) is 50.4 Å². The van der Waals surface area contributed by atoms with E-state index in [2.05, 4.69) is 17.6 Å². The summed E-state index contributed by atoms with van der Waals surface area (Å²) in [6.07, 6.45) is 2.54. The fourth-order valence-electron chi connectivity index (χ4n) is 2.81. The Morgan fingerprint density at radius 2 is 1.96 bits per heavy atom. The summed E-state index contributed by atoms with van der Waals surface area (Å²) < 4.78 is 0. The van der Waals surface area contributed by atoms with Crippen molar-refractivity contribution in [3.05, 3.63) is 29.8 Å². The van der Waals surface area contributed by atoms with Crippen molar-refractivity contribution in [2.45, 2.75) is 40.0 Å². The van der Waals surface area contributed by atoms with Crippen LogP contribution in [-0.4, -0.2) is 30.1 Å². The third kappa shape index (κ3) is 4.35. The molecule has 2 unspecified atom stereocenters. The minimum atomic E-state index is -0.274. The highest BCUT2D eigenvalue weighted by Gasteiger charge is 2.39. The fourth-order valence-corrected chi connectivity index (χ4v) is 2.81. The maximum Gasteiger partial charge on any atom is 0.251 e. The Morgan fingerprint density at radius 3 is 2.50 bits per heavy atom. The fraction of sp³-hybridized carbons (Fsp3) is 0.579. The van der Waals surface area contributed by atoms with Gasteiger partial charge in [-0.15, -0.1) is 0 Å². The predicted octanol–water partition coefficient (Wildman–Crippen LogP) is 2.81. The highest BCUT2D eigenvalue weighted by Crippen LogP contribution is 2.38. The van der Waals surface area contributed by atoms with Crippen LogP contribution >= 0.6 is 0 Å². The third-order valence-electron chi connectivity index (χ3n) is 5.30. The molecule has 0 heterocycles. The highest BCUT2D eigenvalue weighted by atomic mass is 16.3. The molecular formula is C19H28N2O3. The smallest absolute Gasteiger partial charge is 0.251 e. The zero-order valence-electron chi connectivity index (χ0n) is 14.8. The van der Waals surface area contributed by atoms with Gasteiger partial charge in [0.15, 0.2) is 0 Å². The average Bonchev–Trinajstić information content (AvgIpc) is 3.33. The molecule has 0 aromatic heterocycles. The molecule has 1 fully saturated rings. The highest BCUT2D eigenvalue weighted by molar-refractivity contribution is 5.98. The summed E-state index contributed by atoms with van der Waals surface area (Å²) in [7, 11) is 0. The number of carbonyl (C=O) groups is 2. The average molecular weight is 332 g/mol. The molecule has 1 aromatic rings. The van der Waals surface area contributed by atoms with E-state index in [4.69, 9.17) is 0 Å². The van der Waals surface area contributed by atoms with Gasteiger partial charge in [0.2, 0.25) is 5.91 Å². The van der Waals surface area contributed by atoms with Crippen molar-refractivity contribution in [2.75, 3.05) is 18.5 Å². The number of nitrogens with one attached hydrogen (secondary N) is 2. The number of hydrogen-bond donors (Lipinski definition) is 3. The van der Waals surface area contributed by atoms with Gasteiger partial charge >= 0.3 is 0 Å². The number of aliphatic hydroxyl groups is 1. The first-order valence-electron chi connectivity index (χ1n) is 8.74. The first-order chi connectivity index (χ1) is 11.4. The van der Waals surface area contributed by atoms with E-state index in [-0.39, 0.29) is 29.8 Å². The Morgan fingerprint density at radius 1 is 1.29 bits per heavy atom. The van der Waals surface area contributed by atoms with Crippen molar-refractivity contribution in [3.8, 4) is 0 Å². The SMILES string of the molecule is CCC(CC)(CO)CNC(=O)c1cccc(NC(=O)C2CC2C)c1. The van der Waals surface area contributed by atoms with E-state index in [1.165, 1.54) is 0 Å². The number of benzene rings is 1. The lowest BCUT2D eigenvalue weighted by Crippen LogP contribution is -2.39. The van der Waals surface area contributed by atoms with Crippen LogP contribution < -0.4 is 10.6 Å². The van der Waals surface area contributed by atoms with Crippen molar-refractivity contribution in [1.82, 2.24) is 5.32 Å². The van der Waals surface area contributed by atoms with Crippen molar-refractivity contribution in [3.63, 3.8) is 0 Å². The van der Waals surface area contributed by atoms with Gasteiger partial charge in [-0.05, 0) is 43.4 Å². The van der Waals surface area contributed by atoms with E-state index in [1.54, 1.807) is 24.3 Å². The summed E-state index contributed by atoms with van der Waals surface area (Å²) in [4.78, 5) is 24.4. The van der Waals surface area contributed by atoms with Gasteiger partial charge in [-0.2, -0.15) is 0 Å². The molecule has 1 aromatic carbocycles. The van der Waals surface area contributed by atoms with Gasteiger partial charge in [-0.1, -0.05) is 26.8 Å². The van der Waals surface area contributed by atoms with E-state index < -0.39 is 0 Å². The molecule has 2 atom stereocenters. The molecule has 3 N–H and O–H groups in total. The zero-order chi connectivity index (χ0) is 17.7. The molecule has 1 aliphatic rings. The lowest BCUT2D eigenvalue weighted by Gasteiger charge is -2.29. The largest absolute Gasteiger partial charge is 0.396 e. The Kier molecular flexibility index (Phi) is 5.99. The quantitative estimate of drug-likeness (QED) is 0.685. The molecule has 0 bridgehead atoms. The predicted molar refractivity (Wildman–Crippen MR) is 94.8 cm³/mol. The van der Waals surface area contributed by atoms with Crippen LogP contribution in [0, 0.1) is 17.3 Å². The van der Waals surface area contributed by atoms with Gasteiger partial charge in [0.25, 0.3) is 5.91 Å². The topological polar surface area (TPSA) is 78.4 Å². The van der Waals surface area contributed by atoms with Crippen LogP contribution in [0.15, 0.2) is 24.3 Å². The molecule has 0 radical (unpaired) electrons. The molecule has 2 rings (SSSR count). The minimum absolute atomic E-state index is 0.0244. The van der Waals surface area contributed by atoms with Gasteiger partial charge in [-0.25, -0.2) is 0 Å². The number of hydrogen-bond acceptors (Lipinski definition) is 3. The van der Waals surface area contributed by atoms with Crippen LogP contribution in [0.25, 0.3) is 0 Å². The molecule has 132 valence electrons. The summed E-state index contributed by atoms with van der Waals surface area (Å²) in [5, 5.41) is 15.4. The molecule has 0 aliphatic heterocycles. The molecule has 5 heteroatoms. The second kappa shape index (κ2) is 7.79. The molecular weight excluding hydrogens is 304 g/mol. The Bertz CT molecular complexity index is 588. The second-order valence-electron chi connectivity index (χ2n) is 6.94. The lowest BCUT2D eigenvalue weighted by molar-refractivity contribution is -0.117. The number of amides is 2. The second-order valence-corrected chi connectivity index (χ2v) is 6.94. The maximum absolute atomic E-state index is 12.4. The summed E-state index contributed by atoms with van der Waals surface area (Å²) in [6.45, 7) is 6.58. The Hall–Kier alpha value is -1.88. The van der Waals surface area contributed by atoms with E-state index in [1.807, 2.05) is 13.8 Å². The zero-order valence-corrected chi connectivity index (χ0v) is 14.8. The summed E-state index contributed by atoms with van der Waals surface area (Å²) in [5.74, 6) is 0.384. The normalized spacial score (nSPS) is 19.7. The summed E-state index contributed by atoms with van der Waals surface area (Å²) >= 11 is 0. The molecule has 2 amide bonds. The molecule has 5 nitrogen and oxygen atoms in total. The Balaban J connectivity index is 1.97. The van der Waals surface area contributed by atoms with Crippen LogP contribution in [0.5, 0.6) is 0 Å². The first-order valence-corrected chi connectivity index (χ1v) is 8.74. The van der Waals surface area contributed by atoms with Crippen LogP contribution in [0.2, 0.25) is 0 Å². The monoisotopic (exact) mass is 332 g/mol. The van der Waals surface area contributed by atoms with Gasteiger partial charge < -0.3 is 15.7 Å². The summed E-state index contributed by atoms with van der Waals surface area (Å²) in [6, 6.07) is 6.97. The number of rotatable bonds is 8. The van der Waals surface area contributed by atoms with Crippen molar-refractivity contribution in [2.24, 2.45) is 17.3 Å². The van der Waals surface area contributed by atoms with Crippen LogP contribution in [-0.2, 0) is 4.79 Å². The van der Waals surface area contributed by atoms with E-state index in [9.17, 15) is 14.7 Å². The maximum atomic E-state index is 12.4. The molecule has 0 saturated heterocycles. The van der Waals surface area contributed by atoms with Gasteiger partial charge in [0.1, 0.15) is 0 Å². The number of aliphatic hydroxyl groups excluding tert-OH is 1. The Labute approximate surface area is 143 Å². The number of carbonyl (C=O) groups excluding carboxylic acids is 2. The lowest BCUT2D eigenvalue weighted by atomic mass is 9.83. The third-order valence-corrected chi connectivity index (χ3v) is 5.30. The van der Waals surface area contributed by atoms with Crippen LogP contribution in [0.4, 0.5) is 5.69 Å². The van der Waals surface area contributed by atoms with E-state index in [0.717, 1.165) is 19.3 Å². The molecule has 1 saturated carbocycles. The molecule has 1 aliphatic carbocycles. The minimum Gasteiger partial charge on any atom is -0.396 e. The van der Waals surface area contributed by atoms with Crippen LogP contribution in [0.3, 0.4) is 0 Å².